The second-order valence-corrected chi connectivity index (χ2v) is 12.6. The number of likely N-dealkylation sites (N-methyl/N-ethyl adjacent to an activating group) is 1. The monoisotopic (exact) mass is 570 g/mol. The van der Waals surface area contributed by atoms with E-state index in [-0.39, 0.29) is 19.3 Å². The van der Waals surface area contributed by atoms with Crippen LogP contribution in [-0.2, 0) is 25.0 Å². The van der Waals surface area contributed by atoms with Crippen molar-refractivity contribution in [2.45, 2.75) is 116 Å². The molecule has 0 amide bonds. The molecule has 0 bridgehead atoms. The van der Waals surface area contributed by atoms with Gasteiger partial charge >= 0.3 is 14.6 Å². The summed E-state index contributed by atoms with van der Waals surface area (Å²) in [5.41, 5.74) is 1.25. The number of rotatable bonds is 24. The van der Waals surface area contributed by atoms with Gasteiger partial charge in [0.2, 0.25) is 0 Å². The van der Waals surface area contributed by atoms with Gasteiger partial charge in [0.15, 0.2) is 6.10 Å². The van der Waals surface area contributed by atoms with Gasteiger partial charge in [0.25, 0.3) is 0 Å². The van der Waals surface area contributed by atoms with Crippen LogP contribution in [0, 0.1) is 0 Å². The number of hydrogen-bond donors (Lipinski definition) is 1. The lowest BCUT2D eigenvalue weighted by atomic mass is 10.0. The molecule has 0 spiro atoms. The van der Waals surface area contributed by atoms with E-state index in [1.807, 2.05) is 19.1 Å². The Hall–Kier alpha value is -1.24. The summed E-state index contributed by atoms with van der Waals surface area (Å²) >= 11 is 0. The number of carbonyl (C=O) groups excluding carboxylic acids is 1. The zero-order chi connectivity index (χ0) is 28.9. The number of benzene rings is 1. The van der Waals surface area contributed by atoms with Crippen molar-refractivity contribution < 1.29 is 32.7 Å². The number of esters is 1. The lowest BCUT2D eigenvalue weighted by Gasteiger charge is -2.31. The van der Waals surface area contributed by atoms with Gasteiger partial charge in [0, 0.05) is 6.92 Å². The van der Waals surface area contributed by atoms with E-state index in [1.165, 1.54) is 89.5 Å². The Bertz CT molecular complexity index is 757. The number of carbonyl (C=O) groups is 1. The predicted molar refractivity (Wildman–Crippen MR) is 161 cm³/mol. The van der Waals surface area contributed by atoms with Crippen LogP contribution >= 0.6 is 8.60 Å². The van der Waals surface area contributed by atoms with Crippen molar-refractivity contribution in [2.24, 2.45) is 0 Å². The molecular formula is C31H57NO6P+. The molecule has 1 aromatic rings. The van der Waals surface area contributed by atoms with E-state index < -0.39 is 20.7 Å². The standard InChI is InChI=1S/C31H57NO6P/c1-7-8-9-10-11-12-13-14-15-16-17-18-20-29-21-19-22-30(23-29)35-25-31(38-28(3)33)26-37-39(34)36-24-27(2)32(4,5)6/h19,21-23,27,31,34H,7-18,20,24-26H2,1-6H3/q+1. The molecule has 1 N–H and O–H groups in total. The first-order valence-corrected chi connectivity index (χ1v) is 16.2. The van der Waals surface area contributed by atoms with Gasteiger partial charge in [-0.15, -0.1) is 0 Å². The molecule has 0 aliphatic heterocycles. The van der Waals surface area contributed by atoms with E-state index in [2.05, 4.69) is 40.2 Å². The molecule has 0 saturated carbocycles. The fourth-order valence-corrected chi connectivity index (χ4v) is 4.79. The molecule has 3 unspecified atom stereocenters. The van der Waals surface area contributed by atoms with Gasteiger partial charge in [-0.05, 0) is 37.5 Å². The summed E-state index contributed by atoms with van der Waals surface area (Å²) < 4.78 is 22.9. The van der Waals surface area contributed by atoms with Crippen molar-refractivity contribution in [1.82, 2.24) is 0 Å². The molecule has 1 rings (SSSR count). The zero-order valence-corrected chi connectivity index (χ0v) is 26.6. The van der Waals surface area contributed by atoms with E-state index in [9.17, 15) is 9.69 Å². The molecule has 3 atom stereocenters. The number of hydrogen-bond acceptors (Lipinski definition) is 6. The van der Waals surface area contributed by atoms with Crippen molar-refractivity contribution in [3.05, 3.63) is 29.8 Å². The normalized spacial score (nSPS) is 14.1. The van der Waals surface area contributed by atoms with Crippen LogP contribution in [0.2, 0.25) is 0 Å². The molecule has 8 heteroatoms. The average molecular weight is 571 g/mol. The summed E-state index contributed by atoms with van der Waals surface area (Å²) in [5, 5.41) is 0. The minimum atomic E-state index is -2.06. The maximum absolute atomic E-state index is 11.6. The Kier molecular flexibility index (Phi) is 19.7. The van der Waals surface area contributed by atoms with E-state index in [0.29, 0.717) is 11.1 Å². The molecule has 0 aliphatic carbocycles. The van der Waals surface area contributed by atoms with Gasteiger partial charge in [0.1, 0.15) is 25.0 Å². The third kappa shape index (κ3) is 19.5. The largest absolute Gasteiger partial charge is 0.490 e. The number of aryl methyl sites for hydroxylation is 1. The fourth-order valence-electron chi connectivity index (χ4n) is 4.08. The van der Waals surface area contributed by atoms with Crippen molar-refractivity contribution in [2.75, 3.05) is 41.0 Å². The van der Waals surface area contributed by atoms with Crippen LogP contribution in [0.25, 0.3) is 0 Å². The van der Waals surface area contributed by atoms with Crippen molar-refractivity contribution >= 4 is 14.6 Å². The Labute approximate surface area is 240 Å². The highest BCUT2D eigenvalue weighted by Crippen LogP contribution is 2.33. The van der Waals surface area contributed by atoms with E-state index in [4.69, 9.17) is 18.5 Å². The van der Waals surface area contributed by atoms with Gasteiger partial charge in [-0.1, -0.05) is 89.7 Å². The topological polar surface area (TPSA) is 74.2 Å². The van der Waals surface area contributed by atoms with Crippen LogP contribution in [0.15, 0.2) is 24.3 Å². The number of nitrogens with zero attached hydrogens (tertiary/aromatic N) is 1. The quantitative estimate of drug-likeness (QED) is 0.0597. The molecule has 0 radical (unpaired) electrons. The smallest absolute Gasteiger partial charge is 0.330 e. The third-order valence-corrected chi connectivity index (χ3v) is 7.85. The fraction of sp³-hybridized carbons (Fsp3) is 0.774. The summed E-state index contributed by atoms with van der Waals surface area (Å²) in [7, 11) is 4.13. The maximum Gasteiger partial charge on any atom is 0.330 e. The van der Waals surface area contributed by atoms with Crippen LogP contribution in [0.4, 0.5) is 0 Å². The van der Waals surface area contributed by atoms with Crippen molar-refractivity contribution in [1.29, 1.82) is 0 Å². The SMILES string of the molecule is CCCCCCCCCCCCCCc1cccc(OCC(COP(O)OCC(C)[N+](C)(C)C)OC(C)=O)c1. The lowest BCUT2D eigenvalue weighted by molar-refractivity contribution is -0.894. The Morgan fingerprint density at radius 2 is 1.44 bits per heavy atom. The predicted octanol–water partition coefficient (Wildman–Crippen LogP) is 7.59. The maximum atomic E-state index is 11.6. The van der Waals surface area contributed by atoms with Gasteiger partial charge in [-0.3, -0.25) is 4.79 Å². The summed E-state index contributed by atoms with van der Waals surface area (Å²) in [6.07, 6.45) is 16.5. The van der Waals surface area contributed by atoms with Gasteiger partial charge in [-0.2, -0.15) is 0 Å². The van der Waals surface area contributed by atoms with Crippen LogP contribution in [-0.4, -0.2) is 68.5 Å². The summed E-state index contributed by atoms with van der Waals surface area (Å²) in [6, 6.07) is 8.29. The molecule has 0 aromatic heterocycles. The molecule has 39 heavy (non-hydrogen) atoms. The minimum absolute atomic E-state index is 0.000905. The zero-order valence-electron chi connectivity index (χ0n) is 25.7. The Morgan fingerprint density at radius 3 is 2.00 bits per heavy atom. The molecule has 7 nitrogen and oxygen atoms in total. The van der Waals surface area contributed by atoms with Crippen molar-refractivity contribution in [3.63, 3.8) is 0 Å². The molecule has 226 valence electrons. The minimum Gasteiger partial charge on any atom is -0.490 e. The van der Waals surface area contributed by atoms with Crippen LogP contribution in [0.5, 0.6) is 5.75 Å². The summed E-state index contributed by atoms with van der Waals surface area (Å²) in [4.78, 5) is 21.7. The highest BCUT2D eigenvalue weighted by molar-refractivity contribution is 7.40. The summed E-state index contributed by atoms with van der Waals surface area (Å²) in [5.74, 6) is 0.317. The molecule has 0 aliphatic rings. The highest BCUT2D eigenvalue weighted by Gasteiger charge is 2.22. The van der Waals surface area contributed by atoms with E-state index in [1.54, 1.807) is 0 Å². The Balaban J connectivity index is 2.30. The second kappa shape index (κ2) is 21.5. The molecule has 0 fully saturated rings. The number of unbranched alkanes of at least 4 members (excludes halogenated alkanes) is 11. The van der Waals surface area contributed by atoms with Gasteiger partial charge < -0.3 is 27.9 Å². The number of ether oxygens (including phenoxy) is 2. The lowest BCUT2D eigenvalue weighted by Crippen LogP contribution is -2.45. The molecule has 1 aromatic carbocycles. The van der Waals surface area contributed by atoms with Crippen LogP contribution in [0.1, 0.15) is 103 Å². The van der Waals surface area contributed by atoms with E-state index in [0.717, 1.165) is 12.2 Å². The van der Waals surface area contributed by atoms with Crippen LogP contribution < -0.4 is 4.74 Å². The number of quaternary nitrogens is 1. The first-order valence-electron chi connectivity index (χ1n) is 15.1. The van der Waals surface area contributed by atoms with Crippen molar-refractivity contribution in [3.8, 4) is 5.75 Å². The first-order chi connectivity index (χ1) is 18.6. The Morgan fingerprint density at radius 1 is 0.872 bits per heavy atom. The third-order valence-electron chi connectivity index (χ3n) is 7.11. The average Bonchev–Trinajstić information content (AvgIpc) is 2.88. The van der Waals surface area contributed by atoms with Gasteiger partial charge in [-0.25, -0.2) is 0 Å². The molecule has 0 heterocycles. The highest BCUT2D eigenvalue weighted by atomic mass is 31.2. The molecular weight excluding hydrogens is 513 g/mol. The van der Waals surface area contributed by atoms with Gasteiger partial charge in [0.05, 0.1) is 27.7 Å². The second-order valence-electron chi connectivity index (χ2n) is 11.6. The van der Waals surface area contributed by atoms with Crippen LogP contribution in [0.3, 0.4) is 0 Å². The summed E-state index contributed by atoms with van der Waals surface area (Å²) in [6.45, 7) is 6.17. The molecule has 0 saturated heterocycles. The first kappa shape index (κ1) is 35.8. The van der Waals surface area contributed by atoms with E-state index >= 15 is 0 Å².